The van der Waals surface area contributed by atoms with Crippen LogP contribution in [0.1, 0.15) is 12.8 Å². The second-order valence-electron chi connectivity index (χ2n) is 7.19. The van der Waals surface area contributed by atoms with Gasteiger partial charge in [-0.1, -0.05) is 60.3 Å². The third-order valence-electron chi connectivity index (χ3n) is 5.12. The fourth-order valence-corrected chi connectivity index (χ4v) is 4.41. The van der Waals surface area contributed by atoms with Crippen LogP contribution < -0.4 is 10.2 Å². The highest BCUT2D eigenvalue weighted by molar-refractivity contribution is 7.99. The van der Waals surface area contributed by atoms with Crippen LogP contribution in [0.3, 0.4) is 0 Å². The van der Waals surface area contributed by atoms with Crippen LogP contribution in [0.15, 0.2) is 65.8 Å². The van der Waals surface area contributed by atoms with Crippen molar-refractivity contribution in [1.82, 2.24) is 20.1 Å². The largest absolute Gasteiger partial charge is 0.350 e. The van der Waals surface area contributed by atoms with E-state index in [4.69, 9.17) is 0 Å². The average molecular weight is 409 g/mol. The van der Waals surface area contributed by atoms with Gasteiger partial charge >= 0.3 is 0 Å². The number of nitrogens with one attached hydrogen (secondary N) is 2. The first-order valence-electron chi connectivity index (χ1n) is 10.1. The van der Waals surface area contributed by atoms with E-state index in [1.54, 1.807) is 4.90 Å². The smallest absolute Gasteiger partial charge is 0.230 e. The van der Waals surface area contributed by atoms with E-state index in [0.717, 1.165) is 35.3 Å². The monoisotopic (exact) mass is 408 g/mol. The van der Waals surface area contributed by atoms with Crippen LogP contribution in [-0.4, -0.2) is 52.6 Å². The number of carbonyl (C=O) groups excluding carboxylic acids is 1. The highest BCUT2D eigenvalue weighted by Gasteiger charge is 2.18. The first-order chi connectivity index (χ1) is 14.3. The lowest BCUT2D eigenvalue weighted by Gasteiger charge is -2.12. The summed E-state index contributed by atoms with van der Waals surface area (Å²) in [6.07, 6.45) is 2.61. The van der Waals surface area contributed by atoms with Crippen molar-refractivity contribution in [3.63, 3.8) is 0 Å². The zero-order chi connectivity index (χ0) is 19.9. The van der Waals surface area contributed by atoms with Crippen molar-refractivity contribution < 1.29 is 9.69 Å². The quantitative estimate of drug-likeness (QED) is 0.558. The molecule has 7 heteroatoms. The molecule has 1 aliphatic rings. The molecule has 0 atom stereocenters. The van der Waals surface area contributed by atoms with E-state index in [-0.39, 0.29) is 5.91 Å². The maximum atomic E-state index is 12.3. The molecule has 0 spiro atoms. The lowest BCUT2D eigenvalue weighted by Crippen LogP contribution is -3.10. The summed E-state index contributed by atoms with van der Waals surface area (Å²) < 4.78 is 2.02. The number of likely N-dealkylation sites (tertiary alicyclic amines) is 1. The first kappa shape index (κ1) is 19.7. The molecule has 0 bridgehead atoms. The van der Waals surface area contributed by atoms with Crippen molar-refractivity contribution in [1.29, 1.82) is 0 Å². The maximum Gasteiger partial charge on any atom is 0.230 e. The number of thioether (sulfide) groups is 1. The Balaban J connectivity index is 1.44. The molecule has 0 saturated carbocycles. The maximum absolute atomic E-state index is 12.3. The molecule has 6 nitrogen and oxygen atoms in total. The van der Waals surface area contributed by atoms with Gasteiger partial charge in [0.1, 0.15) is 0 Å². The van der Waals surface area contributed by atoms with Crippen LogP contribution in [0.25, 0.3) is 17.1 Å². The van der Waals surface area contributed by atoms with Crippen molar-refractivity contribution in [2.24, 2.45) is 0 Å². The molecule has 3 aromatic rings. The standard InChI is InChI=1S/C22H25N5OS/c28-20(23-13-16-26-14-7-8-15-26)17-29-22-25-24-21(18-9-3-1-4-10-18)27(22)19-11-5-2-6-12-19/h1-6,9-12H,7-8,13-17H2,(H,23,28)/p+1. The van der Waals surface area contributed by atoms with Gasteiger partial charge in [0.05, 0.1) is 31.9 Å². The van der Waals surface area contributed by atoms with Crippen molar-refractivity contribution in [3.8, 4) is 17.1 Å². The summed E-state index contributed by atoms with van der Waals surface area (Å²) in [5.74, 6) is 1.14. The number of carbonyl (C=O) groups is 1. The second kappa shape index (κ2) is 9.71. The number of quaternary nitrogens is 1. The van der Waals surface area contributed by atoms with E-state index < -0.39 is 0 Å². The van der Waals surface area contributed by atoms with E-state index in [1.807, 2.05) is 65.2 Å². The highest BCUT2D eigenvalue weighted by atomic mass is 32.2. The fraction of sp³-hybridized carbons (Fsp3) is 0.318. The van der Waals surface area contributed by atoms with Gasteiger partial charge in [0, 0.05) is 24.1 Å². The zero-order valence-electron chi connectivity index (χ0n) is 16.4. The zero-order valence-corrected chi connectivity index (χ0v) is 17.2. The molecular formula is C22H26N5OS+. The molecule has 1 saturated heterocycles. The predicted molar refractivity (Wildman–Crippen MR) is 115 cm³/mol. The Labute approximate surface area is 175 Å². The van der Waals surface area contributed by atoms with Gasteiger partial charge in [-0.2, -0.15) is 0 Å². The van der Waals surface area contributed by atoms with Crippen LogP contribution in [0, 0.1) is 0 Å². The van der Waals surface area contributed by atoms with E-state index >= 15 is 0 Å². The topological polar surface area (TPSA) is 64.2 Å². The van der Waals surface area contributed by atoms with Gasteiger partial charge in [0.2, 0.25) is 5.91 Å². The molecule has 4 rings (SSSR count). The molecule has 2 N–H and O–H groups in total. The molecule has 1 fully saturated rings. The molecule has 0 radical (unpaired) electrons. The van der Waals surface area contributed by atoms with Crippen molar-refractivity contribution >= 4 is 17.7 Å². The third-order valence-corrected chi connectivity index (χ3v) is 6.05. The van der Waals surface area contributed by atoms with Crippen LogP contribution in [-0.2, 0) is 4.79 Å². The number of hydrogen-bond acceptors (Lipinski definition) is 4. The van der Waals surface area contributed by atoms with E-state index in [0.29, 0.717) is 5.75 Å². The Morgan fingerprint density at radius 1 is 1.00 bits per heavy atom. The fourth-order valence-electron chi connectivity index (χ4n) is 3.63. The van der Waals surface area contributed by atoms with E-state index in [1.165, 1.54) is 37.7 Å². The van der Waals surface area contributed by atoms with E-state index in [9.17, 15) is 4.79 Å². The summed E-state index contributed by atoms with van der Waals surface area (Å²) >= 11 is 1.42. The normalized spacial score (nSPS) is 14.2. The number of amides is 1. The molecule has 1 amide bonds. The predicted octanol–water partition coefficient (Wildman–Crippen LogP) is 1.82. The second-order valence-corrected chi connectivity index (χ2v) is 8.13. The molecule has 1 aromatic heterocycles. The third kappa shape index (κ3) is 5.05. The molecule has 1 aliphatic heterocycles. The lowest BCUT2D eigenvalue weighted by molar-refractivity contribution is -0.886. The molecule has 0 unspecified atom stereocenters. The number of rotatable bonds is 8. The summed E-state index contributed by atoms with van der Waals surface area (Å²) in [4.78, 5) is 13.9. The Bertz CT molecular complexity index is 923. The number of aromatic nitrogens is 3. The molecule has 0 aliphatic carbocycles. The van der Waals surface area contributed by atoms with Crippen molar-refractivity contribution in [2.45, 2.75) is 18.0 Å². The van der Waals surface area contributed by atoms with Gasteiger partial charge in [-0.25, -0.2) is 0 Å². The SMILES string of the molecule is O=C(CSc1nnc(-c2ccccc2)n1-c1ccccc1)NCC[NH+]1CCCC1. The summed E-state index contributed by atoms with van der Waals surface area (Å²) in [6.45, 7) is 4.20. The number of hydrogen-bond donors (Lipinski definition) is 2. The highest BCUT2D eigenvalue weighted by Crippen LogP contribution is 2.27. The summed E-state index contributed by atoms with van der Waals surface area (Å²) in [5.41, 5.74) is 1.98. The lowest BCUT2D eigenvalue weighted by atomic mass is 10.2. The van der Waals surface area contributed by atoms with Gasteiger partial charge in [-0.05, 0) is 12.1 Å². The Morgan fingerprint density at radius 2 is 1.69 bits per heavy atom. The Kier molecular flexibility index (Phi) is 6.59. The average Bonchev–Trinajstić information content (AvgIpc) is 3.43. The molecular weight excluding hydrogens is 382 g/mol. The van der Waals surface area contributed by atoms with E-state index in [2.05, 4.69) is 15.5 Å². The molecule has 150 valence electrons. The van der Waals surface area contributed by atoms with Gasteiger partial charge in [0.25, 0.3) is 0 Å². The van der Waals surface area contributed by atoms with Gasteiger partial charge < -0.3 is 10.2 Å². The number of benzene rings is 2. The number of nitrogens with zero attached hydrogens (tertiary/aromatic N) is 3. The minimum absolute atomic E-state index is 0.0393. The minimum atomic E-state index is 0.0393. The molecule has 2 heterocycles. The summed E-state index contributed by atoms with van der Waals surface area (Å²) in [7, 11) is 0. The van der Waals surface area contributed by atoms with Gasteiger partial charge in [0.15, 0.2) is 11.0 Å². The Morgan fingerprint density at radius 3 is 2.41 bits per heavy atom. The summed E-state index contributed by atoms with van der Waals surface area (Å²) in [5, 5.41) is 12.5. The van der Waals surface area contributed by atoms with Crippen LogP contribution in [0.4, 0.5) is 0 Å². The Hall–Kier alpha value is -2.64. The van der Waals surface area contributed by atoms with Crippen molar-refractivity contribution in [3.05, 3.63) is 60.7 Å². The van der Waals surface area contributed by atoms with Crippen LogP contribution >= 0.6 is 11.8 Å². The van der Waals surface area contributed by atoms with Gasteiger partial charge in [-0.15, -0.1) is 10.2 Å². The van der Waals surface area contributed by atoms with Crippen LogP contribution in [0.2, 0.25) is 0 Å². The summed E-state index contributed by atoms with van der Waals surface area (Å²) in [6, 6.07) is 20.0. The van der Waals surface area contributed by atoms with Gasteiger partial charge in [-0.3, -0.25) is 9.36 Å². The molecule has 29 heavy (non-hydrogen) atoms. The number of para-hydroxylation sites is 1. The first-order valence-corrected chi connectivity index (χ1v) is 11.1. The minimum Gasteiger partial charge on any atom is -0.350 e. The van der Waals surface area contributed by atoms with Crippen LogP contribution in [0.5, 0.6) is 0 Å². The molecule has 2 aromatic carbocycles. The van der Waals surface area contributed by atoms with Crippen molar-refractivity contribution in [2.75, 3.05) is 31.9 Å².